The Morgan fingerprint density at radius 1 is 1.33 bits per heavy atom. The zero-order valence-electron chi connectivity index (χ0n) is 14.0. The molecule has 0 unspecified atom stereocenters. The molecular weight excluding hydrogens is 350 g/mol. The average Bonchev–Trinajstić information content (AvgIpc) is 2.93. The molecule has 0 aliphatic rings. The number of nitrogens with zero attached hydrogens (tertiary/aromatic N) is 2. The topological polar surface area (TPSA) is 77.2 Å². The molecule has 0 aliphatic heterocycles. The second-order valence-electron chi connectivity index (χ2n) is 6.19. The van der Waals surface area contributed by atoms with Crippen LogP contribution in [0.25, 0.3) is 0 Å². The van der Waals surface area contributed by atoms with E-state index in [0.717, 1.165) is 5.56 Å². The molecule has 1 heterocycles. The zero-order valence-corrected chi connectivity index (χ0v) is 15.6. The first-order valence-corrected chi connectivity index (χ1v) is 8.79. The molecule has 1 amide bonds. The molecule has 130 valence electrons. The lowest BCUT2D eigenvalue weighted by molar-refractivity contribution is 0.0500. The molecule has 1 aromatic heterocycles. The fourth-order valence-corrected chi connectivity index (χ4v) is 2.58. The largest absolute Gasteiger partial charge is 0.444 e. The van der Waals surface area contributed by atoms with Gasteiger partial charge in [-0.3, -0.25) is 0 Å². The van der Waals surface area contributed by atoms with Gasteiger partial charge < -0.3 is 14.5 Å². The number of carbonyl (C=O) groups is 1. The number of benzene rings is 1. The van der Waals surface area contributed by atoms with Gasteiger partial charge in [-0.1, -0.05) is 35.5 Å². The van der Waals surface area contributed by atoms with Crippen LogP contribution in [0, 0.1) is 0 Å². The Bertz CT molecular complexity index is 683. The van der Waals surface area contributed by atoms with Gasteiger partial charge in [-0.25, -0.2) is 4.79 Å². The number of alkyl carbamates (subject to hydrolysis) is 1. The van der Waals surface area contributed by atoms with E-state index in [-0.39, 0.29) is 0 Å². The third kappa shape index (κ3) is 6.05. The van der Waals surface area contributed by atoms with Crippen molar-refractivity contribution in [2.45, 2.75) is 50.3 Å². The Labute approximate surface area is 150 Å². The molecule has 0 saturated carbocycles. The van der Waals surface area contributed by atoms with Gasteiger partial charge in [0.2, 0.25) is 5.89 Å². The summed E-state index contributed by atoms with van der Waals surface area (Å²) in [5.74, 6) is 1.02. The molecule has 6 nitrogen and oxygen atoms in total. The van der Waals surface area contributed by atoms with E-state index in [0.29, 0.717) is 21.9 Å². The van der Waals surface area contributed by atoms with Crippen molar-refractivity contribution in [2.75, 3.05) is 0 Å². The number of rotatable bonds is 5. The summed E-state index contributed by atoms with van der Waals surface area (Å²) in [5, 5.41) is 11.8. The van der Waals surface area contributed by atoms with Gasteiger partial charge in [0.25, 0.3) is 5.22 Å². The number of halogens is 1. The number of ether oxygens (including phenoxy) is 1. The van der Waals surface area contributed by atoms with Crippen LogP contribution in [0.3, 0.4) is 0 Å². The fourth-order valence-electron chi connectivity index (χ4n) is 1.73. The third-order valence-corrected chi connectivity index (χ3v) is 3.94. The van der Waals surface area contributed by atoms with E-state index in [4.69, 9.17) is 20.8 Å². The summed E-state index contributed by atoms with van der Waals surface area (Å²) in [6.07, 6.45) is -0.524. The summed E-state index contributed by atoms with van der Waals surface area (Å²) in [6, 6.07) is 7.13. The van der Waals surface area contributed by atoms with Crippen LogP contribution in [0.1, 0.15) is 45.2 Å². The third-order valence-electron chi connectivity index (χ3n) is 2.80. The number of aromatic nitrogens is 2. The van der Waals surface area contributed by atoms with E-state index in [1.54, 1.807) is 27.7 Å². The summed E-state index contributed by atoms with van der Waals surface area (Å²) in [4.78, 5) is 11.7. The maximum atomic E-state index is 11.7. The van der Waals surface area contributed by atoms with Crippen LogP contribution in [0.4, 0.5) is 4.79 Å². The number of nitrogens with one attached hydrogen (secondary N) is 1. The number of amides is 1. The quantitative estimate of drug-likeness (QED) is 0.776. The van der Waals surface area contributed by atoms with Gasteiger partial charge in [-0.05, 0) is 45.4 Å². The van der Waals surface area contributed by atoms with Crippen LogP contribution in [0.5, 0.6) is 0 Å². The Hall–Kier alpha value is -1.73. The van der Waals surface area contributed by atoms with Crippen molar-refractivity contribution in [3.05, 3.63) is 40.7 Å². The van der Waals surface area contributed by atoms with Crippen molar-refractivity contribution in [1.29, 1.82) is 0 Å². The molecule has 8 heteroatoms. The van der Waals surface area contributed by atoms with E-state index >= 15 is 0 Å². The van der Waals surface area contributed by atoms with Crippen LogP contribution >= 0.6 is 23.4 Å². The zero-order chi connectivity index (χ0) is 17.7. The van der Waals surface area contributed by atoms with Gasteiger partial charge in [0, 0.05) is 10.8 Å². The van der Waals surface area contributed by atoms with Crippen molar-refractivity contribution >= 4 is 29.5 Å². The Balaban J connectivity index is 1.87. The molecular formula is C16H20ClN3O3S. The first-order valence-electron chi connectivity index (χ1n) is 7.43. The maximum Gasteiger partial charge on any atom is 0.408 e. The highest BCUT2D eigenvalue weighted by Gasteiger charge is 2.21. The SMILES string of the molecule is C[C@H](NC(=O)OC(C)(C)C)c1nnc(SCc2ccc(Cl)cc2)o1. The standard InChI is InChI=1S/C16H20ClN3O3S/c1-10(18-14(21)23-16(2,3)4)13-19-20-15(22-13)24-9-11-5-7-12(17)8-6-11/h5-8,10H,9H2,1-4H3,(H,18,21)/t10-/m0/s1. The summed E-state index contributed by atoms with van der Waals surface area (Å²) >= 11 is 7.28. The van der Waals surface area contributed by atoms with Crippen LogP contribution in [0.2, 0.25) is 5.02 Å². The van der Waals surface area contributed by atoms with Crippen molar-refractivity contribution in [3.63, 3.8) is 0 Å². The molecule has 2 rings (SSSR count). The predicted molar refractivity (Wildman–Crippen MR) is 93.1 cm³/mol. The molecule has 0 radical (unpaired) electrons. The molecule has 0 fully saturated rings. The molecule has 1 N–H and O–H groups in total. The molecule has 2 aromatic rings. The van der Waals surface area contributed by atoms with E-state index < -0.39 is 17.7 Å². The lowest BCUT2D eigenvalue weighted by atomic mass is 10.2. The molecule has 1 atom stereocenters. The lowest BCUT2D eigenvalue weighted by Crippen LogP contribution is -2.34. The van der Waals surface area contributed by atoms with Gasteiger partial charge >= 0.3 is 6.09 Å². The Kier molecular flexibility index (Phi) is 6.12. The van der Waals surface area contributed by atoms with Crippen molar-refractivity contribution in [3.8, 4) is 0 Å². The molecule has 0 spiro atoms. The average molecular weight is 370 g/mol. The second-order valence-corrected chi connectivity index (χ2v) is 7.55. The lowest BCUT2D eigenvalue weighted by Gasteiger charge is -2.20. The van der Waals surface area contributed by atoms with Gasteiger partial charge in [0.05, 0.1) is 0 Å². The first-order chi connectivity index (χ1) is 11.2. The Morgan fingerprint density at radius 3 is 2.62 bits per heavy atom. The first kappa shape index (κ1) is 18.6. The second kappa shape index (κ2) is 7.90. The van der Waals surface area contributed by atoms with Crippen molar-refractivity contribution in [1.82, 2.24) is 15.5 Å². The summed E-state index contributed by atoms with van der Waals surface area (Å²) in [5.41, 5.74) is 0.544. The molecule has 0 saturated heterocycles. The highest BCUT2D eigenvalue weighted by Crippen LogP contribution is 2.24. The maximum absolute atomic E-state index is 11.7. The minimum absolute atomic E-state index is 0.333. The van der Waals surface area contributed by atoms with E-state index in [1.807, 2.05) is 24.3 Å². The smallest absolute Gasteiger partial charge is 0.408 e. The van der Waals surface area contributed by atoms with Gasteiger partial charge in [-0.2, -0.15) is 0 Å². The van der Waals surface area contributed by atoms with Gasteiger partial charge in [0.15, 0.2) is 0 Å². The van der Waals surface area contributed by atoms with E-state index in [1.165, 1.54) is 11.8 Å². The number of hydrogen-bond acceptors (Lipinski definition) is 6. The van der Waals surface area contributed by atoms with Crippen LogP contribution < -0.4 is 5.32 Å². The van der Waals surface area contributed by atoms with Crippen LogP contribution in [0.15, 0.2) is 33.9 Å². The van der Waals surface area contributed by atoms with E-state index in [2.05, 4.69) is 15.5 Å². The summed E-state index contributed by atoms with van der Waals surface area (Å²) < 4.78 is 10.8. The van der Waals surface area contributed by atoms with Crippen molar-refractivity contribution < 1.29 is 13.9 Å². The van der Waals surface area contributed by atoms with Crippen molar-refractivity contribution in [2.24, 2.45) is 0 Å². The number of thioether (sulfide) groups is 1. The monoisotopic (exact) mass is 369 g/mol. The molecule has 24 heavy (non-hydrogen) atoms. The minimum Gasteiger partial charge on any atom is -0.444 e. The molecule has 0 aliphatic carbocycles. The van der Waals surface area contributed by atoms with Gasteiger partial charge in [-0.15, -0.1) is 10.2 Å². The Morgan fingerprint density at radius 2 is 2.00 bits per heavy atom. The molecule has 0 bridgehead atoms. The predicted octanol–water partition coefficient (Wildman–Crippen LogP) is 4.60. The normalized spacial score (nSPS) is 12.7. The molecule has 1 aromatic carbocycles. The van der Waals surface area contributed by atoms with Gasteiger partial charge in [0.1, 0.15) is 11.6 Å². The number of carbonyl (C=O) groups excluding carboxylic acids is 1. The minimum atomic E-state index is -0.557. The van der Waals surface area contributed by atoms with E-state index in [9.17, 15) is 4.79 Å². The number of hydrogen-bond donors (Lipinski definition) is 1. The fraction of sp³-hybridized carbons (Fsp3) is 0.438. The van der Waals surface area contributed by atoms with Crippen LogP contribution in [-0.2, 0) is 10.5 Å². The highest BCUT2D eigenvalue weighted by molar-refractivity contribution is 7.98. The summed E-state index contributed by atoms with van der Waals surface area (Å²) in [7, 11) is 0. The highest BCUT2D eigenvalue weighted by atomic mass is 35.5. The summed E-state index contributed by atoms with van der Waals surface area (Å²) in [6.45, 7) is 7.16. The van der Waals surface area contributed by atoms with Crippen LogP contribution in [-0.4, -0.2) is 21.9 Å².